The van der Waals surface area contributed by atoms with Gasteiger partial charge in [-0.3, -0.25) is 9.10 Å². The largest absolute Gasteiger partial charge is 0.271 e. The number of aryl methyl sites for hydroxylation is 3. The van der Waals surface area contributed by atoms with E-state index in [1.807, 2.05) is 44.4 Å². The number of carbonyl (C=O) groups excluding carboxylic acids is 1. The van der Waals surface area contributed by atoms with Gasteiger partial charge in [0.05, 0.1) is 16.8 Å². The number of hydrazone groups is 1. The van der Waals surface area contributed by atoms with Crippen molar-refractivity contribution in [2.24, 2.45) is 5.10 Å². The van der Waals surface area contributed by atoms with E-state index in [0.29, 0.717) is 5.69 Å². The molecule has 0 aliphatic carbocycles. The van der Waals surface area contributed by atoms with Gasteiger partial charge in [-0.05, 0) is 67.1 Å². The summed E-state index contributed by atoms with van der Waals surface area (Å²) in [5.41, 5.74) is 5.61. The molecule has 1 aromatic heterocycles. The molecule has 6 nitrogen and oxygen atoms in total. The summed E-state index contributed by atoms with van der Waals surface area (Å²) in [5.74, 6) is -0.527. The van der Waals surface area contributed by atoms with Gasteiger partial charge in [0.1, 0.15) is 6.54 Å². The van der Waals surface area contributed by atoms with Gasteiger partial charge < -0.3 is 0 Å². The first kappa shape index (κ1) is 21.7. The lowest BCUT2D eigenvalue weighted by molar-refractivity contribution is -0.119. The lowest BCUT2D eigenvalue weighted by atomic mass is 10.1. The summed E-state index contributed by atoms with van der Waals surface area (Å²) in [6.07, 6.45) is 1.56. The van der Waals surface area contributed by atoms with Crippen LogP contribution in [0.4, 0.5) is 5.69 Å². The maximum atomic E-state index is 13.3. The van der Waals surface area contributed by atoms with Crippen LogP contribution in [0.3, 0.4) is 0 Å². The zero-order valence-electron chi connectivity index (χ0n) is 17.0. The molecular formula is C22H23N3O3S2. The number of benzene rings is 2. The van der Waals surface area contributed by atoms with Crippen molar-refractivity contribution in [2.45, 2.75) is 25.7 Å². The fourth-order valence-electron chi connectivity index (χ4n) is 2.85. The Hall–Kier alpha value is -2.97. The predicted octanol–water partition coefficient (Wildman–Crippen LogP) is 4.02. The number of nitrogens with zero attached hydrogens (tertiary/aromatic N) is 2. The van der Waals surface area contributed by atoms with Gasteiger partial charge in [-0.1, -0.05) is 30.3 Å². The fraction of sp³-hybridized carbons (Fsp3) is 0.182. The van der Waals surface area contributed by atoms with Crippen molar-refractivity contribution in [3.05, 3.63) is 81.5 Å². The fourth-order valence-corrected chi connectivity index (χ4v) is 5.14. The van der Waals surface area contributed by atoms with Gasteiger partial charge in [-0.2, -0.15) is 5.10 Å². The van der Waals surface area contributed by atoms with E-state index >= 15 is 0 Å². The molecule has 0 saturated carbocycles. The van der Waals surface area contributed by atoms with E-state index in [1.54, 1.807) is 30.5 Å². The number of nitrogens with one attached hydrogen (secondary N) is 1. The molecule has 0 radical (unpaired) electrons. The second kappa shape index (κ2) is 9.23. The maximum absolute atomic E-state index is 13.3. The van der Waals surface area contributed by atoms with Crippen molar-refractivity contribution in [1.82, 2.24) is 5.43 Å². The topological polar surface area (TPSA) is 78.8 Å². The molecule has 0 atom stereocenters. The van der Waals surface area contributed by atoms with Crippen LogP contribution in [0.15, 0.2) is 70.0 Å². The molecule has 156 valence electrons. The van der Waals surface area contributed by atoms with Crippen LogP contribution in [0.5, 0.6) is 0 Å². The smallest absolute Gasteiger partial charge is 0.264 e. The number of rotatable bonds is 7. The Labute approximate surface area is 180 Å². The maximum Gasteiger partial charge on any atom is 0.264 e. The Morgan fingerprint density at radius 3 is 2.47 bits per heavy atom. The third kappa shape index (κ3) is 4.95. The molecule has 3 aromatic rings. The minimum absolute atomic E-state index is 0.122. The van der Waals surface area contributed by atoms with Crippen LogP contribution < -0.4 is 9.73 Å². The van der Waals surface area contributed by atoms with E-state index in [-0.39, 0.29) is 11.4 Å². The van der Waals surface area contributed by atoms with Gasteiger partial charge in [0.15, 0.2) is 0 Å². The summed E-state index contributed by atoms with van der Waals surface area (Å²) < 4.78 is 27.8. The third-order valence-electron chi connectivity index (χ3n) is 4.52. The molecule has 3 rings (SSSR count). The summed E-state index contributed by atoms with van der Waals surface area (Å²) in [5, 5.41) is 5.92. The van der Waals surface area contributed by atoms with E-state index < -0.39 is 15.9 Å². The molecule has 1 amide bonds. The number of sulfonamides is 1. The van der Waals surface area contributed by atoms with Crippen molar-refractivity contribution in [2.75, 3.05) is 10.8 Å². The van der Waals surface area contributed by atoms with Crippen LogP contribution in [-0.4, -0.2) is 27.1 Å². The number of carbonyl (C=O) groups is 1. The van der Waals surface area contributed by atoms with E-state index in [9.17, 15) is 13.2 Å². The Morgan fingerprint density at radius 1 is 1.07 bits per heavy atom. The van der Waals surface area contributed by atoms with Crippen molar-refractivity contribution >= 4 is 39.2 Å². The molecule has 8 heteroatoms. The minimum atomic E-state index is -3.94. The van der Waals surface area contributed by atoms with Crippen molar-refractivity contribution in [3.8, 4) is 0 Å². The molecule has 2 aromatic carbocycles. The van der Waals surface area contributed by atoms with Crippen LogP contribution in [0.1, 0.15) is 21.6 Å². The molecule has 1 heterocycles. The van der Waals surface area contributed by atoms with Gasteiger partial charge in [0, 0.05) is 4.88 Å². The molecule has 0 aliphatic heterocycles. The third-order valence-corrected chi connectivity index (χ3v) is 7.25. The lowest BCUT2D eigenvalue weighted by Crippen LogP contribution is -2.40. The van der Waals surface area contributed by atoms with Crippen LogP contribution in [0.2, 0.25) is 0 Å². The van der Waals surface area contributed by atoms with Gasteiger partial charge in [0.25, 0.3) is 15.9 Å². The lowest BCUT2D eigenvalue weighted by Gasteiger charge is -2.25. The average molecular weight is 442 g/mol. The highest BCUT2D eigenvalue weighted by atomic mass is 32.2. The summed E-state index contributed by atoms with van der Waals surface area (Å²) in [7, 11) is -3.94. The standard InChI is InChI=1S/C22H23N3O3S2/c1-16-9-10-17(2)20(13-16)25(30(27,28)19-7-5-4-6-8-19)15-22(26)24-23-14-21-18(3)11-12-29-21/h4-14H,15H2,1-3H3,(H,24,26)/b23-14-. The van der Waals surface area contributed by atoms with Gasteiger partial charge in [-0.25, -0.2) is 13.8 Å². The first-order chi connectivity index (χ1) is 14.3. The Balaban J connectivity index is 1.90. The van der Waals surface area contributed by atoms with Crippen LogP contribution in [-0.2, 0) is 14.8 Å². The van der Waals surface area contributed by atoms with Crippen LogP contribution >= 0.6 is 11.3 Å². The SMILES string of the molecule is Cc1ccc(C)c(N(CC(=O)N/N=C\c2sccc2C)S(=O)(=O)c2ccccc2)c1. The molecular weight excluding hydrogens is 418 g/mol. The molecule has 0 fully saturated rings. The summed E-state index contributed by atoms with van der Waals surface area (Å²) >= 11 is 1.51. The van der Waals surface area contributed by atoms with Crippen molar-refractivity contribution in [1.29, 1.82) is 0 Å². The Bertz CT molecular complexity index is 1170. The molecule has 30 heavy (non-hydrogen) atoms. The second-order valence-electron chi connectivity index (χ2n) is 6.88. The molecule has 0 unspecified atom stereocenters. The molecule has 0 spiro atoms. The molecule has 0 saturated heterocycles. The summed E-state index contributed by atoms with van der Waals surface area (Å²) in [6, 6.07) is 15.6. The number of hydrogen-bond donors (Lipinski definition) is 1. The number of amides is 1. The van der Waals surface area contributed by atoms with Gasteiger partial charge in [-0.15, -0.1) is 11.3 Å². The highest BCUT2D eigenvalue weighted by Gasteiger charge is 2.28. The first-order valence-corrected chi connectivity index (χ1v) is 11.6. The molecule has 1 N–H and O–H groups in total. The normalized spacial score (nSPS) is 11.6. The van der Waals surface area contributed by atoms with Gasteiger partial charge >= 0.3 is 0 Å². The second-order valence-corrected chi connectivity index (χ2v) is 9.69. The first-order valence-electron chi connectivity index (χ1n) is 9.30. The Kier molecular flexibility index (Phi) is 6.69. The average Bonchev–Trinajstić information content (AvgIpc) is 3.13. The van der Waals surface area contributed by atoms with E-state index in [4.69, 9.17) is 0 Å². The van der Waals surface area contributed by atoms with Crippen molar-refractivity contribution in [3.63, 3.8) is 0 Å². The predicted molar refractivity (Wildman–Crippen MR) is 122 cm³/mol. The van der Waals surface area contributed by atoms with E-state index in [2.05, 4.69) is 10.5 Å². The number of hydrogen-bond acceptors (Lipinski definition) is 5. The Morgan fingerprint density at radius 2 is 1.80 bits per heavy atom. The summed E-state index contributed by atoms with van der Waals surface area (Å²) in [4.78, 5) is 13.6. The number of thiophene rings is 1. The van der Waals surface area contributed by atoms with E-state index in [1.165, 1.54) is 23.5 Å². The van der Waals surface area contributed by atoms with Crippen LogP contribution in [0.25, 0.3) is 0 Å². The zero-order chi connectivity index (χ0) is 21.7. The summed E-state index contributed by atoms with van der Waals surface area (Å²) in [6.45, 7) is 5.26. The minimum Gasteiger partial charge on any atom is -0.271 e. The molecule has 0 bridgehead atoms. The van der Waals surface area contributed by atoms with Crippen molar-refractivity contribution < 1.29 is 13.2 Å². The molecule has 0 aliphatic rings. The van der Waals surface area contributed by atoms with E-state index in [0.717, 1.165) is 25.9 Å². The number of anilines is 1. The quantitative estimate of drug-likeness (QED) is 0.444. The highest BCUT2D eigenvalue weighted by Crippen LogP contribution is 2.27. The highest BCUT2D eigenvalue weighted by molar-refractivity contribution is 7.92. The van der Waals surface area contributed by atoms with Gasteiger partial charge in [0.2, 0.25) is 0 Å². The zero-order valence-corrected chi connectivity index (χ0v) is 18.6. The van der Waals surface area contributed by atoms with Crippen LogP contribution in [0, 0.1) is 20.8 Å². The monoisotopic (exact) mass is 441 g/mol.